The van der Waals surface area contributed by atoms with Crippen LogP contribution < -0.4 is 4.74 Å². The van der Waals surface area contributed by atoms with E-state index in [-0.39, 0.29) is 0 Å². The van der Waals surface area contributed by atoms with E-state index in [1.54, 1.807) is 21.3 Å². The zero-order chi connectivity index (χ0) is 18.8. The fraction of sp³-hybridized carbons (Fsp3) is 0.529. The molecule has 1 aromatic carbocycles. The van der Waals surface area contributed by atoms with Gasteiger partial charge in [0.2, 0.25) is 0 Å². The normalized spacial score (nSPS) is 11.6. The molecule has 2 rings (SSSR count). The first-order valence-corrected chi connectivity index (χ1v) is 8.61. The van der Waals surface area contributed by atoms with Crippen LogP contribution in [0.1, 0.15) is 26.6 Å². The number of fused-ring (bicyclic) bond motifs is 1. The van der Waals surface area contributed by atoms with Crippen LogP contribution >= 0.6 is 15.9 Å². The number of amides is 1. The molecule has 0 saturated carbocycles. The molecular weight excluding hydrogens is 390 g/mol. The molecule has 1 aromatic heterocycles. The highest BCUT2D eigenvalue weighted by Crippen LogP contribution is 2.31. The molecule has 0 atom stereocenters. The van der Waals surface area contributed by atoms with Crippen molar-refractivity contribution in [2.75, 3.05) is 21.3 Å². The van der Waals surface area contributed by atoms with Crippen molar-refractivity contribution in [1.29, 1.82) is 0 Å². The molecule has 0 saturated heterocycles. The lowest BCUT2D eigenvalue weighted by atomic mass is 10.2. The summed E-state index contributed by atoms with van der Waals surface area (Å²) in [4.78, 5) is 18.3. The van der Waals surface area contributed by atoms with Gasteiger partial charge in [-0.05, 0) is 42.8 Å². The van der Waals surface area contributed by atoms with Crippen molar-refractivity contribution in [2.24, 2.45) is 0 Å². The van der Waals surface area contributed by atoms with Crippen LogP contribution in [0.25, 0.3) is 11.0 Å². The maximum absolute atomic E-state index is 12.2. The summed E-state index contributed by atoms with van der Waals surface area (Å²) in [6.07, 6.45) is -0.401. The fourth-order valence-electron chi connectivity index (χ4n) is 2.34. The summed E-state index contributed by atoms with van der Waals surface area (Å²) < 4.78 is 18.8. The molecule has 0 spiro atoms. The maximum Gasteiger partial charge on any atom is 0.410 e. The highest BCUT2D eigenvalue weighted by Gasteiger charge is 2.22. The lowest BCUT2D eigenvalue weighted by Gasteiger charge is -2.24. The van der Waals surface area contributed by atoms with Gasteiger partial charge in [-0.15, -0.1) is 0 Å². The van der Waals surface area contributed by atoms with Crippen LogP contribution in [0.5, 0.6) is 5.75 Å². The molecule has 2 aromatic rings. The molecular formula is C17H24BrN3O4. The van der Waals surface area contributed by atoms with Crippen LogP contribution in [0.3, 0.4) is 0 Å². The number of nitrogens with zero attached hydrogens (tertiary/aromatic N) is 3. The standard InChI is InChI=1S/C17H24BrN3O4/c1-17(2,3)25-16(22)20(4)9-15-19-12-8-14(24-6)11(18)7-13(12)21(15)10-23-5/h7-8H,9-10H2,1-6H3. The Morgan fingerprint density at radius 3 is 2.56 bits per heavy atom. The van der Waals surface area contributed by atoms with Gasteiger partial charge in [-0.1, -0.05) is 0 Å². The summed E-state index contributed by atoms with van der Waals surface area (Å²) >= 11 is 3.49. The average Bonchev–Trinajstić information content (AvgIpc) is 2.82. The lowest BCUT2D eigenvalue weighted by molar-refractivity contribution is 0.0275. The fourth-order valence-corrected chi connectivity index (χ4v) is 2.84. The Morgan fingerprint density at radius 1 is 1.32 bits per heavy atom. The van der Waals surface area contributed by atoms with E-state index in [1.165, 1.54) is 4.90 Å². The molecule has 0 fully saturated rings. The quantitative estimate of drug-likeness (QED) is 0.745. The van der Waals surface area contributed by atoms with Crippen molar-refractivity contribution in [3.05, 3.63) is 22.4 Å². The second-order valence-corrected chi connectivity index (χ2v) is 7.54. The molecule has 138 valence electrons. The summed E-state index contributed by atoms with van der Waals surface area (Å²) in [7, 11) is 4.90. The number of imidazole rings is 1. The Morgan fingerprint density at radius 2 is 2.00 bits per heavy atom. The van der Waals surface area contributed by atoms with Gasteiger partial charge >= 0.3 is 6.09 Å². The zero-order valence-corrected chi connectivity index (χ0v) is 17.0. The Labute approximate surface area is 156 Å². The second kappa shape index (κ2) is 7.61. The molecule has 1 amide bonds. The largest absolute Gasteiger partial charge is 0.495 e. The van der Waals surface area contributed by atoms with E-state index < -0.39 is 11.7 Å². The zero-order valence-electron chi connectivity index (χ0n) is 15.4. The Hall–Kier alpha value is -1.80. The van der Waals surface area contributed by atoms with E-state index in [4.69, 9.17) is 14.2 Å². The van der Waals surface area contributed by atoms with Crippen LogP contribution in [0.2, 0.25) is 0 Å². The van der Waals surface area contributed by atoms with Gasteiger partial charge in [0.05, 0.1) is 29.2 Å². The van der Waals surface area contributed by atoms with Crippen LogP contribution in [-0.4, -0.2) is 47.4 Å². The minimum atomic E-state index is -0.545. The van der Waals surface area contributed by atoms with Gasteiger partial charge in [-0.25, -0.2) is 9.78 Å². The van der Waals surface area contributed by atoms with E-state index in [9.17, 15) is 4.79 Å². The van der Waals surface area contributed by atoms with Crippen molar-refractivity contribution in [3.8, 4) is 5.75 Å². The number of hydrogen-bond donors (Lipinski definition) is 0. The number of methoxy groups -OCH3 is 2. The van der Waals surface area contributed by atoms with E-state index >= 15 is 0 Å². The number of rotatable bonds is 5. The first-order chi connectivity index (χ1) is 11.7. The summed E-state index contributed by atoms with van der Waals surface area (Å²) in [5.74, 6) is 1.40. The van der Waals surface area contributed by atoms with Crippen LogP contribution in [-0.2, 0) is 22.7 Å². The summed E-state index contributed by atoms with van der Waals surface area (Å²) in [5.41, 5.74) is 1.11. The van der Waals surface area contributed by atoms with E-state index in [1.807, 2.05) is 37.5 Å². The number of benzene rings is 1. The minimum Gasteiger partial charge on any atom is -0.495 e. The van der Waals surface area contributed by atoms with E-state index in [2.05, 4.69) is 20.9 Å². The van der Waals surface area contributed by atoms with Crippen molar-refractivity contribution in [2.45, 2.75) is 39.6 Å². The van der Waals surface area contributed by atoms with Crippen LogP contribution in [0.4, 0.5) is 4.79 Å². The molecule has 0 aliphatic rings. The van der Waals surface area contributed by atoms with Gasteiger partial charge in [-0.3, -0.25) is 0 Å². The van der Waals surface area contributed by atoms with Gasteiger partial charge in [-0.2, -0.15) is 0 Å². The monoisotopic (exact) mass is 413 g/mol. The van der Waals surface area contributed by atoms with Gasteiger partial charge in [0.25, 0.3) is 0 Å². The molecule has 0 radical (unpaired) electrons. The summed E-state index contributed by atoms with van der Waals surface area (Å²) in [6.45, 7) is 6.13. The average molecular weight is 414 g/mol. The number of aromatic nitrogens is 2. The first-order valence-electron chi connectivity index (χ1n) is 7.82. The van der Waals surface area contributed by atoms with Crippen molar-refractivity contribution in [1.82, 2.24) is 14.5 Å². The summed E-state index contributed by atoms with van der Waals surface area (Å²) in [6, 6.07) is 3.78. The van der Waals surface area contributed by atoms with Gasteiger partial charge in [0.15, 0.2) is 0 Å². The molecule has 0 unspecified atom stereocenters. The molecule has 1 heterocycles. The predicted octanol–water partition coefficient (Wildman–Crippen LogP) is 3.78. The molecule has 7 nitrogen and oxygen atoms in total. The Bertz CT molecular complexity index is 767. The smallest absolute Gasteiger partial charge is 0.410 e. The predicted molar refractivity (Wildman–Crippen MR) is 98.7 cm³/mol. The van der Waals surface area contributed by atoms with E-state index in [0.717, 1.165) is 15.5 Å². The third-order valence-electron chi connectivity index (χ3n) is 3.44. The van der Waals surface area contributed by atoms with Gasteiger partial charge in [0.1, 0.15) is 23.9 Å². The highest BCUT2D eigenvalue weighted by molar-refractivity contribution is 9.10. The van der Waals surface area contributed by atoms with Crippen LogP contribution in [0, 0.1) is 0 Å². The first kappa shape index (κ1) is 19.5. The molecule has 8 heteroatoms. The van der Waals surface area contributed by atoms with Crippen molar-refractivity contribution < 1.29 is 19.0 Å². The highest BCUT2D eigenvalue weighted by atomic mass is 79.9. The topological polar surface area (TPSA) is 65.8 Å². The molecule has 0 N–H and O–H groups in total. The number of carbonyl (C=O) groups excluding carboxylic acids is 1. The molecule has 25 heavy (non-hydrogen) atoms. The van der Waals surface area contributed by atoms with Crippen LogP contribution in [0.15, 0.2) is 16.6 Å². The summed E-state index contributed by atoms with van der Waals surface area (Å²) in [5, 5.41) is 0. The van der Waals surface area contributed by atoms with E-state index in [0.29, 0.717) is 24.8 Å². The molecule has 0 bridgehead atoms. The SMILES string of the molecule is COCn1c(CN(C)C(=O)OC(C)(C)C)nc2cc(OC)c(Br)cc21. The lowest BCUT2D eigenvalue weighted by Crippen LogP contribution is -2.34. The third-order valence-corrected chi connectivity index (χ3v) is 4.06. The van der Waals surface area contributed by atoms with Gasteiger partial charge < -0.3 is 23.7 Å². The minimum absolute atomic E-state index is 0.298. The number of ether oxygens (including phenoxy) is 3. The number of hydrogen-bond acceptors (Lipinski definition) is 5. The van der Waals surface area contributed by atoms with Crippen molar-refractivity contribution in [3.63, 3.8) is 0 Å². The Balaban J connectivity index is 2.36. The number of halogens is 1. The third kappa shape index (κ3) is 4.64. The second-order valence-electron chi connectivity index (χ2n) is 6.69. The Kier molecular flexibility index (Phi) is 5.95. The molecule has 0 aliphatic carbocycles. The number of carbonyl (C=O) groups is 1. The van der Waals surface area contributed by atoms with Gasteiger partial charge in [0, 0.05) is 20.2 Å². The molecule has 0 aliphatic heterocycles. The van der Waals surface area contributed by atoms with Crippen molar-refractivity contribution >= 4 is 33.1 Å². The maximum atomic E-state index is 12.2.